The maximum Gasteiger partial charge on any atom is 0.228 e. The predicted molar refractivity (Wildman–Crippen MR) is 79.0 cm³/mol. The molecule has 120 valence electrons. The highest BCUT2D eigenvalue weighted by molar-refractivity contribution is 5.86. The molecule has 0 saturated carbocycles. The van der Waals surface area contributed by atoms with Crippen molar-refractivity contribution in [2.75, 3.05) is 33.4 Å². The number of H-pyrrole nitrogens is 1. The molecular formula is C15H22N4O3. The SMILES string of the molecule is CNC(=O)[C@]12CCOC[C@H]1CN(C(=O)Cc1nc[nH]c1C)C2. The average molecular weight is 306 g/mol. The molecule has 2 aliphatic heterocycles. The molecule has 7 heteroatoms. The Morgan fingerprint density at radius 3 is 3.09 bits per heavy atom. The Morgan fingerprint density at radius 1 is 1.59 bits per heavy atom. The summed E-state index contributed by atoms with van der Waals surface area (Å²) in [6.07, 6.45) is 2.54. The number of aromatic nitrogens is 2. The third kappa shape index (κ3) is 2.39. The van der Waals surface area contributed by atoms with Gasteiger partial charge in [0.1, 0.15) is 0 Å². The summed E-state index contributed by atoms with van der Waals surface area (Å²) in [7, 11) is 1.65. The van der Waals surface area contributed by atoms with Gasteiger partial charge in [-0.2, -0.15) is 0 Å². The topological polar surface area (TPSA) is 87.3 Å². The number of amides is 2. The Bertz CT molecular complexity index is 585. The normalized spacial score (nSPS) is 27.5. The Morgan fingerprint density at radius 2 is 2.41 bits per heavy atom. The second kappa shape index (κ2) is 5.72. The fraction of sp³-hybridized carbons (Fsp3) is 0.667. The number of nitrogens with zero attached hydrogens (tertiary/aromatic N) is 2. The lowest BCUT2D eigenvalue weighted by molar-refractivity contribution is -0.139. The first kappa shape index (κ1) is 15.0. The van der Waals surface area contributed by atoms with Crippen LogP contribution in [-0.4, -0.2) is 60.0 Å². The zero-order chi connectivity index (χ0) is 15.7. The summed E-state index contributed by atoms with van der Waals surface area (Å²) in [5, 5.41) is 2.76. The summed E-state index contributed by atoms with van der Waals surface area (Å²) in [5.74, 6) is 0.116. The van der Waals surface area contributed by atoms with Crippen molar-refractivity contribution in [1.29, 1.82) is 0 Å². The molecule has 0 spiro atoms. The van der Waals surface area contributed by atoms with Gasteiger partial charge in [-0.05, 0) is 13.3 Å². The van der Waals surface area contributed by atoms with Gasteiger partial charge in [0.05, 0.1) is 30.5 Å². The number of imidazole rings is 1. The van der Waals surface area contributed by atoms with Gasteiger partial charge in [-0.3, -0.25) is 9.59 Å². The molecule has 2 atom stereocenters. The van der Waals surface area contributed by atoms with Gasteiger partial charge >= 0.3 is 0 Å². The van der Waals surface area contributed by atoms with Crippen molar-refractivity contribution in [3.63, 3.8) is 0 Å². The molecule has 1 aromatic rings. The zero-order valence-electron chi connectivity index (χ0n) is 13.0. The van der Waals surface area contributed by atoms with Gasteiger partial charge in [0.25, 0.3) is 0 Å². The van der Waals surface area contributed by atoms with Gasteiger partial charge in [0, 0.05) is 38.4 Å². The highest BCUT2D eigenvalue weighted by Gasteiger charge is 2.54. The van der Waals surface area contributed by atoms with E-state index < -0.39 is 5.41 Å². The molecular weight excluding hydrogens is 284 g/mol. The molecule has 2 saturated heterocycles. The molecule has 0 bridgehead atoms. The summed E-state index contributed by atoms with van der Waals surface area (Å²) in [6.45, 7) is 4.07. The third-order valence-corrected chi connectivity index (χ3v) is 4.99. The van der Waals surface area contributed by atoms with Gasteiger partial charge in [0.15, 0.2) is 0 Å². The molecule has 0 radical (unpaired) electrons. The molecule has 22 heavy (non-hydrogen) atoms. The van der Waals surface area contributed by atoms with Crippen molar-refractivity contribution >= 4 is 11.8 Å². The number of rotatable bonds is 3. The number of carbonyl (C=O) groups excluding carboxylic acids is 2. The van der Waals surface area contributed by atoms with Gasteiger partial charge < -0.3 is 19.9 Å². The molecule has 0 aromatic carbocycles. The summed E-state index contributed by atoms with van der Waals surface area (Å²) >= 11 is 0. The van der Waals surface area contributed by atoms with E-state index in [0.29, 0.717) is 32.7 Å². The van der Waals surface area contributed by atoms with Crippen LogP contribution in [0.25, 0.3) is 0 Å². The maximum atomic E-state index is 12.6. The fourth-order valence-corrected chi connectivity index (χ4v) is 3.58. The van der Waals surface area contributed by atoms with Gasteiger partial charge in [-0.15, -0.1) is 0 Å². The minimum Gasteiger partial charge on any atom is -0.381 e. The third-order valence-electron chi connectivity index (χ3n) is 4.99. The second-order valence-electron chi connectivity index (χ2n) is 6.18. The van der Waals surface area contributed by atoms with Gasteiger partial charge in [-0.25, -0.2) is 4.98 Å². The number of hydrogen-bond acceptors (Lipinski definition) is 4. The van der Waals surface area contributed by atoms with Crippen LogP contribution in [0.2, 0.25) is 0 Å². The second-order valence-corrected chi connectivity index (χ2v) is 6.18. The van der Waals surface area contributed by atoms with Crippen LogP contribution in [0.5, 0.6) is 0 Å². The standard InChI is InChI=1S/C15H22N4O3/c1-10-12(18-9-17-10)5-13(20)19-6-11-7-22-4-3-15(11,8-19)14(21)16-2/h9,11H,3-8H2,1-2H3,(H,16,21)(H,17,18)/t11-,15+/m1/s1. The van der Waals surface area contributed by atoms with E-state index >= 15 is 0 Å². The van der Waals surface area contributed by atoms with Crippen LogP contribution in [0.4, 0.5) is 0 Å². The first-order valence-electron chi connectivity index (χ1n) is 7.63. The van der Waals surface area contributed by atoms with E-state index in [9.17, 15) is 9.59 Å². The van der Waals surface area contributed by atoms with Crippen LogP contribution in [0.1, 0.15) is 17.8 Å². The first-order valence-corrected chi connectivity index (χ1v) is 7.63. The van der Waals surface area contributed by atoms with Crippen molar-refractivity contribution < 1.29 is 14.3 Å². The van der Waals surface area contributed by atoms with E-state index in [0.717, 1.165) is 11.4 Å². The van der Waals surface area contributed by atoms with Crippen LogP contribution in [0, 0.1) is 18.3 Å². The van der Waals surface area contributed by atoms with E-state index in [1.807, 2.05) is 6.92 Å². The lowest BCUT2D eigenvalue weighted by Gasteiger charge is -2.36. The van der Waals surface area contributed by atoms with Crippen LogP contribution >= 0.6 is 0 Å². The molecule has 7 nitrogen and oxygen atoms in total. The van der Waals surface area contributed by atoms with Crippen molar-refractivity contribution in [3.05, 3.63) is 17.7 Å². The minimum atomic E-state index is -0.497. The number of carbonyl (C=O) groups is 2. The lowest BCUT2D eigenvalue weighted by Crippen LogP contribution is -2.49. The summed E-state index contributed by atoms with van der Waals surface area (Å²) < 4.78 is 5.52. The molecule has 3 rings (SSSR count). The van der Waals surface area contributed by atoms with E-state index in [1.54, 1.807) is 18.3 Å². The number of aryl methyl sites for hydroxylation is 1. The lowest BCUT2D eigenvalue weighted by atomic mass is 9.73. The van der Waals surface area contributed by atoms with E-state index in [-0.39, 0.29) is 24.2 Å². The van der Waals surface area contributed by atoms with E-state index in [4.69, 9.17) is 4.74 Å². The van der Waals surface area contributed by atoms with Crippen molar-refractivity contribution in [2.24, 2.45) is 11.3 Å². The molecule has 2 amide bonds. The first-order chi connectivity index (χ1) is 10.6. The minimum absolute atomic E-state index is 0.0204. The summed E-state index contributed by atoms with van der Waals surface area (Å²) in [4.78, 5) is 33.9. The van der Waals surface area contributed by atoms with Crippen molar-refractivity contribution in [1.82, 2.24) is 20.2 Å². The monoisotopic (exact) mass is 306 g/mol. The molecule has 1 aromatic heterocycles. The number of aromatic amines is 1. The summed E-state index contributed by atoms with van der Waals surface area (Å²) in [6, 6.07) is 0. The Kier molecular flexibility index (Phi) is 3.90. The fourth-order valence-electron chi connectivity index (χ4n) is 3.58. The largest absolute Gasteiger partial charge is 0.381 e. The quantitative estimate of drug-likeness (QED) is 0.814. The van der Waals surface area contributed by atoms with Crippen LogP contribution in [0.15, 0.2) is 6.33 Å². The van der Waals surface area contributed by atoms with E-state index in [1.165, 1.54) is 0 Å². The van der Waals surface area contributed by atoms with Gasteiger partial charge in [-0.1, -0.05) is 0 Å². The number of likely N-dealkylation sites (tertiary alicyclic amines) is 1. The number of ether oxygens (including phenoxy) is 1. The Labute approximate surface area is 129 Å². The van der Waals surface area contributed by atoms with Crippen LogP contribution < -0.4 is 5.32 Å². The molecule has 2 aliphatic rings. The molecule has 3 heterocycles. The number of hydrogen-bond donors (Lipinski definition) is 2. The zero-order valence-corrected chi connectivity index (χ0v) is 13.0. The highest BCUT2D eigenvalue weighted by atomic mass is 16.5. The predicted octanol–water partition coefficient (Wildman–Crippen LogP) is -0.128. The van der Waals surface area contributed by atoms with Crippen LogP contribution in [0.3, 0.4) is 0 Å². The smallest absolute Gasteiger partial charge is 0.228 e. The van der Waals surface area contributed by atoms with Crippen molar-refractivity contribution in [2.45, 2.75) is 19.8 Å². The van der Waals surface area contributed by atoms with E-state index in [2.05, 4.69) is 15.3 Å². The summed E-state index contributed by atoms with van der Waals surface area (Å²) in [5.41, 5.74) is 1.18. The molecule has 2 N–H and O–H groups in total. The Balaban J connectivity index is 1.75. The average Bonchev–Trinajstić information content (AvgIpc) is 3.11. The van der Waals surface area contributed by atoms with Crippen molar-refractivity contribution in [3.8, 4) is 0 Å². The van der Waals surface area contributed by atoms with Crippen LogP contribution in [-0.2, 0) is 20.7 Å². The van der Waals surface area contributed by atoms with Gasteiger partial charge in [0.2, 0.25) is 11.8 Å². The molecule has 2 fully saturated rings. The number of nitrogens with one attached hydrogen (secondary N) is 2. The Hall–Kier alpha value is -1.89. The molecule has 0 unspecified atom stereocenters. The maximum absolute atomic E-state index is 12.6. The molecule has 0 aliphatic carbocycles. The number of fused-ring (bicyclic) bond motifs is 1. The highest BCUT2D eigenvalue weighted by Crippen LogP contribution is 2.42.